The van der Waals surface area contributed by atoms with Crippen LogP contribution in [-0.4, -0.2) is 56.8 Å². The predicted octanol–water partition coefficient (Wildman–Crippen LogP) is 3.55. The minimum Gasteiger partial charge on any atom is -0.406 e. The molecule has 186 valence electrons. The number of ether oxygens (including phenoxy) is 1. The van der Waals surface area contributed by atoms with Crippen molar-refractivity contribution >= 4 is 11.5 Å². The van der Waals surface area contributed by atoms with Gasteiger partial charge in [0, 0.05) is 55.1 Å². The number of nitrogens with one attached hydrogen (secondary N) is 1. The van der Waals surface area contributed by atoms with Crippen LogP contribution in [0.4, 0.5) is 23.2 Å². The molecule has 35 heavy (non-hydrogen) atoms. The quantitative estimate of drug-likeness (QED) is 0.328. The van der Waals surface area contributed by atoms with Crippen molar-refractivity contribution < 1.29 is 37.3 Å². The SMILES string of the molecule is O=C(c1ccn(Cc2cccc(OC(F)(F)F)c2)c1)c1cnccc1N[C@@H]1C[C@H](CO)[C@@H](O)[C@@H]1F. The molecule has 1 saturated carbocycles. The van der Waals surface area contributed by atoms with Crippen LogP contribution >= 0.6 is 0 Å². The number of halogens is 4. The first-order valence-electron chi connectivity index (χ1n) is 10.8. The maximum Gasteiger partial charge on any atom is 0.573 e. The van der Waals surface area contributed by atoms with Crippen LogP contribution in [0.25, 0.3) is 0 Å². The molecule has 0 radical (unpaired) electrons. The number of carbonyl (C=O) groups is 1. The molecular weight excluding hydrogens is 470 g/mol. The van der Waals surface area contributed by atoms with Gasteiger partial charge in [-0.3, -0.25) is 9.78 Å². The summed E-state index contributed by atoms with van der Waals surface area (Å²) in [5.74, 6) is -1.32. The lowest BCUT2D eigenvalue weighted by atomic mass is 10.1. The van der Waals surface area contributed by atoms with Gasteiger partial charge < -0.3 is 24.8 Å². The van der Waals surface area contributed by atoms with E-state index < -0.39 is 30.6 Å². The third-order valence-electron chi connectivity index (χ3n) is 5.90. The van der Waals surface area contributed by atoms with Gasteiger partial charge in [0.05, 0.1) is 17.7 Å². The number of nitrogens with zero attached hydrogens (tertiary/aromatic N) is 2. The Hall–Kier alpha value is -3.44. The molecule has 0 spiro atoms. The number of hydrogen-bond donors (Lipinski definition) is 3. The summed E-state index contributed by atoms with van der Waals surface area (Å²) in [6.07, 6.45) is -1.54. The molecule has 1 aromatic carbocycles. The van der Waals surface area contributed by atoms with E-state index in [9.17, 15) is 32.6 Å². The zero-order valence-corrected chi connectivity index (χ0v) is 18.3. The highest BCUT2D eigenvalue weighted by molar-refractivity contribution is 6.12. The molecule has 0 aliphatic heterocycles. The molecule has 2 heterocycles. The Bertz CT molecular complexity index is 1180. The topological polar surface area (TPSA) is 96.6 Å². The average molecular weight is 493 g/mol. The fourth-order valence-electron chi connectivity index (χ4n) is 4.20. The van der Waals surface area contributed by atoms with E-state index in [1.807, 2.05) is 0 Å². The van der Waals surface area contributed by atoms with Crippen LogP contribution in [-0.2, 0) is 6.54 Å². The number of benzene rings is 1. The normalized spacial score (nSPS) is 22.2. The molecule has 3 N–H and O–H groups in total. The lowest BCUT2D eigenvalue weighted by molar-refractivity contribution is -0.274. The van der Waals surface area contributed by atoms with E-state index in [0.29, 0.717) is 16.8 Å². The van der Waals surface area contributed by atoms with E-state index in [1.54, 1.807) is 29.1 Å². The Balaban J connectivity index is 1.48. The van der Waals surface area contributed by atoms with Crippen LogP contribution < -0.4 is 10.1 Å². The minimum atomic E-state index is -4.79. The van der Waals surface area contributed by atoms with Crippen molar-refractivity contribution in [2.24, 2.45) is 5.92 Å². The second-order valence-corrected chi connectivity index (χ2v) is 8.38. The highest BCUT2D eigenvalue weighted by Gasteiger charge is 2.42. The zero-order valence-electron chi connectivity index (χ0n) is 18.3. The summed E-state index contributed by atoms with van der Waals surface area (Å²) in [4.78, 5) is 17.2. The van der Waals surface area contributed by atoms with Gasteiger partial charge in [-0.25, -0.2) is 4.39 Å². The largest absolute Gasteiger partial charge is 0.573 e. The van der Waals surface area contributed by atoms with Crippen molar-refractivity contribution in [1.82, 2.24) is 9.55 Å². The Labute approximate surface area is 198 Å². The lowest BCUT2D eigenvalue weighted by Gasteiger charge is -2.19. The van der Waals surface area contributed by atoms with Crippen molar-refractivity contribution in [3.8, 4) is 5.75 Å². The van der Waals surface area contributed by atoms with Gasteiger partial charge in [0.25, 0.3) is 0 Å². The van der Waals surface area contributed by atoms with Crippen molar-refractivity contribution in [1.29, 1.82) is 0 Å². The minimum absolute atomic E-state index is 0.194. The number of aliphatic hydroxyl groups excluding tert-OH is 2. The highest BCUT2D eigenvalue weighted by atomic mass is 19.4. The van der Waals surface area contributed by atoms with Gasteiger partial charge in [-0.2, -0.15) is 0 Å². The number of anilines is 1. The Morgan fingerprint density at radius 2 is 2.06 bits per heavy atom. The van der Waals surface area contributed by atoms with Gasteiger partial charge in [0.15, 0.2) is 5.78 Å². The Kier molecular flexibility index (Phi) is 7.08. The second-order valence-electron chi connectivity index (χ2n) is 8.38. The van der Waals surface area contributed by atoms with E-state index in [2.05, 4.69) is 15.0 Å². The monoisotopic (exact) mass is 493 g/mol. The number of aliphatic hydroxyl groups is 2. The standard InChI is InChI=1S/C24H23F4N3O4/c25-21-20(9-16(13-32)23(21)34)30-19-4-6-29-10-18(19)22(33)15-5-7-31(12-15)11-14-2-1-3-17(8-14)35-24(26,27)28/h1-8,10,12,16,20-21,23,32,34H,9,11,13H2,(H,29,30)/t16-,20-,21-,23-/m1/s1. The van der Waals surface area contributed by atoms with Crippen molar-refractivity contribution in [3.05, 3.63) is 77.9 Å². The molecule has 2 aromatic heterocycles. The first kappa shape index (κ1) is 24.7. The number of carbonyl (C=O) groups excluding carboxylic acids is 1. The van der Waals surface area contributed by atoms with E-state index in [-0.39, 0.29) is 36.7 Å². The molecule has 0 amide bonds. The molecule has 11 heteroatoms. The summed E-state index contributed by atoms with van der Waals surface area (Å²) in [6, 6.07) is 7.85. The van der Waals surface area contributed by atoms with Crippen molar-refractivity contribution in [3.63, 3.8) is 0 Å². The first-order chi connectivity index (χ1) is 16.6. The molecule has 0 saturated heterocycles. The van der Waals surface area contributed by atoms with Crippen LogP contribution in [0.2, 0.25) is 0 Å². The van der Waals surface area contributed by atoms with Crippen LogP contribution in [0.3, 0.4) is 0 Å². The third kappa shape index (κ3) is 5.80. The molecule has 4 atom stereocenters. The molecule has 7 nitrogen and oxygen atoms in total. The number of aromatic nitrogens is 2. The Morgan fingerprint density at radius 1 is 1.26 bits per heavy atom. The second kappa shape index (κ2) is 10.0. The number of ketones is 1. The van der Waals surface area contributed by atoms with E-state index in [4.69, 9.17) is 0 Å². The molecule has 3 aromatic rings. The molecule has 1 fully saturated rings. The third-order valence-corrected chi connectivity index (χ3v) is 5.90. The molecular formula is C24H23F4N3O4. The zero-order chi connectivity index (χ0) is 25.2. The number of hydrogen-bond acceptors (Lipinski definition) is 6. The van der Waals surface area contributed by atoms with Gasteiger partial charge in [0.1, 0.15) is 11.9 Å². The summed E-state index contributed by atoms with van der Waals surface area (Å²) in [7, 11) is 0. The van der Waals surface area contributed by atoms with E-state index >= 15 is 0 Å². The van der Waals surface area contributed by atoms with Crippen molar-refractivity contribution in [2.45, 2.75) is 37.6 Å². The van der Waals surface area contributed by atoms with E-state index in [1.165, 1.54) is 36.7 Å². The van der Waals surface area contributed by atoms with Gasteiger partial charge in [-0.05, 0) is 36.2 Å². The fourth-order valence-corrected chi connectivity index (χ4v) is 4.20. The Morgan fingerprint density at radius 3 is 2.77 bits per heavy atom. The number of rotatable bonds is 8. The van der Waals surface area contributed by atoms with E-state index in [0.717, 1.165) is 0 Å². The molecule has 4 rings (SSSR count). The van der Waals surface area contributed by atoms with Gasteiger partial charge in [-0.15, -0.1) is 13.2 Å². The fraction of sp³-hybridized carbons (Fsp3) is 0.333. The van der Waals surface area contributed by atoms with Crippen LogP contribution in [0.1, 0.15) is 27.9 Å². The highest BCUT2D eigenvalue weighted by Crippen LogP contribution is 2.32. The molecule has 1 aliphatic carbocycles. The van der Waals surface area contributed by atoms with Crippen LogP contribution in [0.5, 0.6) is 5.75 Å². The summed E-state index contributed by atoms with van der Waals surface area (Å²) >= 11 is 0. The molecule has 0 bridgehead atoms. The van der Waals surface area contributed by atoms with Crippen molar-refractivity contribution in [2.75, 3.05) is 11.9 Å². The summed E-state index contributed by atoms with van der Waals surface area (Å²) in [5, 5.41) is 22.2. The summed E-state index contributed by atoms with van der Waals surface area (Å²) in [6.45, 7) is -0.146. The van der Waals surface area contributed by atoms with Crippen LogP contribution in [0.15, 0.2) is 61.2 Å². The van der Waals surface area contributed by atoms with Crippen LogP contribution in [0, 0.1) is 5.92 Å². The average Bonchev–Trinajstić information content (AvgIpc) is 3.38. The number of alkyl halides is 4. The van der Waals surface area contributed by atoms with Gasteiger partial charge in [0.2, 0.25) is 0 Å². The number of pyridine rings is 1. The maximum atomic E-state index is 14.5. The molecule has 0 unspecified atom stereocenters. The van der Waals surface area contributed by atoms with Gasteiger partial charge in [-0.1, -0.05) is 12.1 Å². The summed E-state index contributed by atoms with van der Waals surface area (Å²) < 4.78 is 57.5. The predicted molar refractivity (Wildman–Crippen MR) is 118 cm³/mol. The maximum absolute atomic E-state index is 14.5. The smallest absolute Gasteiger partial charge is 0.406 e. The lowest BCUT2D eigenvalue weighted by Crippen LogP contribution is -2.32. The summed E-state index contributed by atoms with van der Waals surface area (Å²) in [5.41, 5.74) is 1.38. The first-order valence-corrected chi connectivity index (χ1v) is 10.8. The molecule has 1 aliphatic rings. The van der Waals surface area contributed by atoms with Gasteiger partial charge >= 0.3 is 6.36 Å².